The summed E-state index contributed by atoms with van der Waals surface area (Å²) in [7, 11) is 0. The molecule has 5 aromatic carbocycles. The predicted molar refractivity (Wildman–Crippen MR) is 141 cm³/mol. The molecule has 0 saturated carbocycles. The van der Waals surface area contributed by atoms with E-state index in [-0.39, 0.29) is 30.2 Å². The van der Waals surface area contributed by atoms with Crippen LogP contribution in [0.5, 0.6) is 0 Å². The molecule has 0 bridgehead atoms. The summed E-state index contributed by atoms with van der Waals surface area (Å²) >= 11 is 1.74. The Morgan fingerprint density at radius 3 is 1.94 bits per heavy atom. The molecule has 0 nitrogen and oxygen atoms in total. The number of benzene rings is 3. The molecule has 0 aromatic heterocycles. The number of fused-ring (bicyclic) bond motifs is 2. The summed E-state index contributed by atoms with van der Waals surface area (Å²) in [4.78, 5) is 0. The minimum absolute atomic E-state index is 0. The summed E-state index contributed by atoms with van der Waals surface area (Å²) in [5.41, 5.74) is 5.61. The monoisotopic (exact) mass is 580 g/mol. The number of rotatable bonds is 2. The Hall–Kier alpha value is -1.44. The molecule has 0 aliphatic heterocycles. The summed E-state index contributed by atoms with van der Waals surface area (Å²) in [6.07, 6.45) is 0. The van der Waals surface area contributed by atoms with Gasteiger partial charge in [-0.3, -0.25) is 0 Å². The van der Waals surface area contributed by atoms with Crippen LogP contribution < -0.4 is 24.8 Å². The maximum atomic E-state index is 2.34. The van der Waals surface area contributed by atoms with Gasteiger partial charge in [0.15, 0.2) is 0 Å². The van der Waals surface area contributed by atoms with E-state index in [9.17, 15) is 0 Å². The van der Waals surface area contributed by atoms with Crippen LogP contribution in [0.25, 0.3) is 32.7 Å². The van der Waals surface area contributed by atoms with Crippen LogP contribution in [0, 0.1) is 6.92 Å². The molecule has 0 N–H and O–H groups in total. The van der Waals surface area contributed by atoms with Crippen LogP contribution in [0.1, 0.15) is 30.9 Å². The molecular weight excluding hydrogens is 551 g/mol. The molecule has 0 heterocycles. The first-order valence-electron chi connectivity index (χ1n) is 11.2. The number of halogens is 2. The van der Waals surface area contributed by atoms with Crippen LogP contribution in [0.2, 0.25) is 13.1 Å². The average molecular weight is 583 g/mol. The topological polar surface area (TPSA) is 0 Å². The molecular formula is C30H32Cl2SiZr-2. The van der Waals surface area contributed by atoms with Gasteiger partial charge in [0.05, 0.1) is 0 Å². The van der Waals surface area contributed by atoms with E-state index in [4.69, 9.17) is 0 Å². The molecule has 5 rings (SSSR count). The van der Waals surface area contributed by atoms with Crippen molar-refractivity contribution in [3.63, 3.8) is 0 Å². The van der Waals surface area contributed by atoms with Gasteiger partial charge in [-0.05, 0) is 11.5 Å². The van der Waals surface area contributed by atoms with Crippen LogP contribution in [-0.4, -0.2) is 5.43 Å². The first-order valence-corrected chi connectivity index (χ1v) is 17.4. The molecule has 4 heteroatoms. The Kier molecular flexibility index (Phi) is 13.4. The van der Waals surface area contributed by atoms with Gasteiger partial charge in [0.2, 0.25) is 0 Å². The number of hydrogen-bond donors (Lipinski definition) is 0. The zero-order chi connectivity index (χ0) is 23.1. The van der Waals surface area contributed by atoms with E-state index in [0.717, 1.165) is 0 Å². The number of hydrogen-bond acceptors (Lipinski definition) is 0. The van der Waals surface area contributed by atoms with Crippen molar-refractivity contribution in [3.8, 4) is 11.1 Å². The molecule has 176 valence electrons. The van der Waals surface area contributed by atoms with Crippen molar-refractivity contribution >= 4 is 27.0 Å². The van der Waals surface area contributed by atoms with Gasteiger partial charge in [0.1, 0.15) is 0 Å². The molecule has 0 saturated heterocycles. The van der Waals surface area contributed by atoms with Gasteiger partial charge < -0.3 is 24.8 Å². The largest absolute Gasteiger partial charge is 1.00 e. The van der Waals surface area contributed by atoms with Gasteiger partial charge in [-0.2, -0.15) is 12.1 Å². The molecule has 5 aromatic rings. The van der Waals surface area contributed by atoms with Crippen molar-refractivity contribution in [2.45, 2.75) is 39.8 Å². The van der Waals surface area contributed by atoms with Crippen molar-refractivity contribution in [1.82, 2.24) is 0 Å². The summed E-state index contributed by atoms with van der Waals surface area (Å²) < 4.78 is 0. The van der Waals surface area contributed by atoms with Crippen molar-refractivity contribution in [3.05, 3.63) is 108 Å². The first kappa shape index (κ1) is 30.6. The fourth-order valence-corrected chi connectivity index (χ4v) is 3.77. The Morgan fingerprint density at radius 1 is 0.735 bits per heavy atom. The molecule has 0 amide bonds. The van der Waals surface area contributed by atoms with Gasteiger partial charge >= 0.3 is 41.9 Å². The zero-order valence-electron chi connectivity index (χ0n) is 20.6. The molecule has 0 unspecified atom stereocenters. The minimum atomic E-state index is 0. The Morgan fingerprint density at radius 2 is 1.32 bits per heavy atom. The fraction of sp³-hybridized carbons (Fsp3) is 0.200. The quantitative estimate of drug-likeness (QED) is 0.222. The van der Waals surface area contributed by atoms with Crippen LogP contribution in [-0.2, 0) is 23.3 Å². The van der Waals surface area contributed by atoms with Gasteiger partial charge in [0.25, 0.3) is 0 Å². The third-order valence-electron chi connectivity index (χ3n) is 5.29. The van der Waals surface area contributed by atoms with E-state index < -0.39 is 0 Å². The summed E-state index contributed by atoms with van der Waals surface area (Å²) in [5.74, 6) is 0.584. The maximum absolute atomic E-state index is 2.34. The predicted octanol–water partition coefficient (Wildman–Crippen LogP) is 3.01. The van der Waals surface area contributed by atoms with Gasteiger partial charge in [-0.25, -0.2) is 0 Å². The van der Waals surface area contributed by atoms with E-state index in [1.54, 1.807) is 23.3 Å². The molecule has 0 radical (unpaired) electrons. The first-order chi connectivity index (χ1) is 15.3. The van der Waals surface area contributed by atoms with Gasteiger partial charge in [-0.15, -0.1) is 75.1 Å². The Balaban J connectivity index is 0.000000307. The van der Waals surface area contributed by atoms with E-state index >= 15 is 0 Å². The normalized spacial score (nSPS) is 9.88. The molecule has 0 aliphatic rings. The van der Waals surface area contributed by atoms with Crippen LogP contribution >= 0.6 is 0 Å². The van der Waals surface area contributed by atoms with E-state index in [1.807, 2.05) is 0 Å². The summed E-state index contributed by atoms with van der Waals surface area (Å²) in [6, 6.07) is 34.7. The molecule has 34 heavy (non-hydrogen) atoms. The molecule has 0 atom stereocenters. The van der Waals surface area contributed by atoms with Gasteiger partial charge in [-0.1, -0.05) is 68.8 Å². The van der Waals surface area contributed by atoms with Crippen LogP contribution in [0.3, 0.4) is 0 Å². The molecule has 0 fully saturated rings. The number of aryl methyl sites for hydroxylation is 1. The maximum Gasteiger partial charge on any atom is -0.0579 e. The molecule has 0 aliphatic carbocycles. The summed E-state index contributed by atoms with van der Waals surface area (Å²) in [6.45, 7) is 11.2. The van der Waals surface area contributed by atoms with E-state index in [0.29, 0.717) is 5.92 Å². The van der Waals surface area contributed by atoms with Crippen LogP contribution in [0.4, 0.5) is 0 Å². The van der Waals surface area contributed by atoms with E-state index in [2.05, 4.69) is 131 Å². The van der Waals surface area contributed by atoms with Crippen molar-refractivity contribution < 1.29 is 48.1 Å². The minimum Gasteiger partial charge on any atom is -1.00 e. The second-order valence-corrected chi connectivity index (χ2v) is 18.2. The second kappa shape index (κ2) is 14.8. The average Bonchev–Trinajstić information content (AvgIpc) is 3.37. The standard InChI is InChI=1S/C18H17.C10H9.C2H6Si.2ClH.Zr/c1-13(2)16-11-15-9-6-10-17(18(15)12-16)14-7-4-3-5-8-14;1-8-6-9-4-2-3-5-10(9)7-8;1-3-2;;;/h3-13H,1-2H3;2-7H,1H3;1-2H3;2*1H;/q2*-1;;;;+2/p-2. The van der Waals surface area contributed by atoms with E-state index in [1.165, 1.54) is 43.8 Å². The van der Waals surface area contributed by atoms with Crippen LogP contribution in [0.15, 0.2) is 97.1 Å². The van der Waals surface area contributed by atoms with Crippen molar-refractivity contribution in [2.75, 3.05) is 0 Å². The van der Waals surface area contributed by atoms with Crippen molar-refractivity contribution in [2.24, 2.45) is 0 Å². The third kappa shape index (κ3) is 8.65. The summed E-state index contributed by atoms with van der Waals surface area (Å²) in [5, 5.41) is 5.41. The Labute approximate surface area is 232 Å². The SMILES string of the molecule is CC(C)c1cc2c(-c3ccccc3)cccc2[cH-]1.C[Si](C)=[Zr+2].Cc1cc2ccccc2[cH-]1.[Cl-].[Cl-]. The molecule has 0 spiro atoms. The second-order valence-electron chi connectivity index (χ2n) is 8.78. The zero-order valence-corrected chi connectivity index (χ0v) is 25.5. The van der Waals surface area contributed by atoms with Crippen molar-refractivity contribution in [1.29, 1.82) is 0 Å². The fourth-order valence-electron chi connectivity index (χ4n) is 3.77. The Bertz CT molecular complexity index is 1260. The smallest absolute Gasteiger partial charge is 0.0579 e. The van der Waals surface area contributed by atoms with Gasteiger partial charge in [0, 0.05) is 0 Å². The third-order valence-corrected chi connectivity index (χ3v) is 5.29.